The van der Waals surface area contributed by atoms with Gasteiger partial charge in [0, 0.05) is 18.1 Å². The van der Waals surface area contributed by atoms with E-state index in [0.717, 1.165) is 35.6 Å². The van der Waals surface area contributed by atoms with Crippen LogP contribution < -0.4 is 10.6 Å². The fraction of sp³-hybridized carbons (Fsp3) is 0.333. The summed E-state index contributed by atoms with van der Waals surface area (Å²) in [4.78, 5) is 12.7. The summed E-state index contributed by atoms with van der Waals surface area (Å²) in [6.45, 7) is 5.75. The predicted molar refractivity (Wildman–Crippen MR) is 106 cm³/mol. The van der Waals surface area contributed by atoms with Crippen LogP contribution in [0.15, 0.2) is 30.3 Å². The number of carbonyl (C=O) groups excluding carboxylic acids is 1. The molecule has 0 fully saturated rings. The largest absolute Gasteiger partial charge is 0.373 e. The predicted octanol–water partition coefficient (Wildman–Crippen LogP) is 3.73. The summed E-state index contributed by atoms with van der Waals surface area (Å²) in [7, 11) is 1.88. The Balaban J connectivity index is 1.58. The number of anilines is 2. The van der Waals surface area contributed by atoms with E-state index in [4.69, 9.17) is 0 Å². The zero-order valence-electron chi connectivity index (χ0n) is 15.7. The Kier molecular flexibility index (Phi) is 3.94. The molecule has 0 saturated carbocycles. The van der Waals surface area contributed by atoms with Crippen LogP contribution in [0.2, 0.25) is 0 Å². The molecule has 0 saturated heterocycles. The fourth-order valence-corrected chi connectivity index (χ4v) is 3.86. The highest BCUT2D eigenvalue weighted by Crippen LogP contribution is 2.35. The lowest BCUT2D eigenvalue weighted by atomic mass is 10.0. The first kappa shape index (κ1) is 16.6. The maximum Gasteiger partial charge on any atom is 0.246 e. The maximum atomic E-state index is 12.7. The van der Waals surface area contributed by atoms with Gasteiger partial charge in [0.05, 0.1) is 17.1 Å². The minimum absolute atomic E-state index is 0.0625. The van der Waals surface area contributed by atoms with E-state index in [2.05, 4.69) is 46.1 Å². The lowest BCUT2D eigenvalue weighted by Gasteiger charge is -2.17. The van der Waals surface area contributed by atoms with E-state index < -0.39 is 0 Å². The molecular formula is C21H24N4O. The monoisotopic (exact) mass is 348 g/mol. The zero-order valence-corrected chi connectivity index (χ0v) is 15.7. The smallest absolute Gasteiger partial charge is 0.246 e. The Hall–Kier alpha value is -2.82. The van der Waals surface area contributed by atoms with Crippen LogP contribution in [0.5, 0.6) is 0 Å². The molecule has 0 radical (unpaired) electrons. The standard InChI is InChI=1S/C21H24N4O/c1-12-20(14(3)25(4)24-12)23-21(26)13(2)22-18-11-10-16-9-8-15-6-5-7-17(18)19(15)16/h5-7,10-11,13,22H,8-9H2,1-4H3,(H,23,26). The minimum atomic E-state index is -0.354. The summed E-state index contributed by atoms with van der Waals surface area (Å²) >= 11 is 0. The summed E-state index contributed by atoms with van der Waals surface area (Å²) in [6.07, 6.45) is 2.21. The Morgan fingerprint density at radius 3 is 2.58 bits per heavy atom. The van der Waals surface area contributed by atoms with Gasteiger partial charge in [0.15, 0.2) is 0 Å². The van der Waals surface area contributed by atoms with Gasteiger partial charge in [-0.1, -0.05) is 24.3 Å². The second-order valence-corrected chi connectivity index (χ2v) is 7.14. The number of nitrogens with zero attached hydrogens (tertiary/aromatic N) is 2. The van der Waals surface area contributed by atoms with Crippen LogP contribution >= 0.6 is 0 Å². The number of rotatable bonds is 4. The molecule has 1 aromatic heterocycles. The molecule has 0 aliphatic heterocycles. The number of aryl methyl sites for hydroxylation is 4. The molecule has 26 heavy (non-hydrogen) atoms. The maximum absolute atomic E-state index is 12.7. The summed E-state index contributed by atoms with van der Waals surface area (Å²) < 4.78 is 1.78. The first-order valence-electron chi connectivity index (χ1n) is 9.07. The molecule has 1 atom stereocenters. The van der Waals surface area contributed by atoms with Gasteiger partial charge in [0.1, 0.15) is 6.04 Å². The van der Waals surface area contributed by atoms with Crippen LogP contribution in [0.3, 0.4) is 0 Å². The van der Waals surface area contributed by atoms with E-state index in [1.54, 1.807) is 4.68 Å². The molecule has 2 aromatic carbocycles. The molecule has 1 heterocycles. The van der Waals surface area contributed by atoms with Crippen LogP contribution in [-0.4, -0.2) is 21.7 Å². The average molecular weight is 348 g/mol. The molecule has 3 aromatic rings. The molecule has 1 unspecified atom stereocenters. The van der Waals surface area contributed by atoms with Crippen LogP contribution in [0.25, 0.3) is 10.8 Å². The summed E-state index contributed by atoms with van der Waals surface area (Å²) in [5.41, 5.74) is 6.39. The number of nitrogens with one attached hydrogen (secondary N) is 2. The van der Waals surface area contributed by atoms with Crippen molar-refractivity contribution < 1.29 is 4.79 Å². The fourth-order valence-electron chi connectivity index (χ4n) is 3.86. The summed E-state index contributed by atoms with van der Waals surface area (Å²) in [5.74, 6) is -0.0625. The first-order valence-corrected chi connectivity index (χ1v) is 9.07. The average Bonchev–Trinajstić information content (AvgIpc) is 3.15. The second-order valence-electron chi connectivity index (χ2n) is 7.14. The lowest BCUT2D eigenvalue weighted by molar-refractivity contribution is -0.116. The summed E-state index contributed by atoms with van der Waals surface area (Å²) in [6, 6.07) is 10.4. The van der Waals surface area contributed by atoms with Gasteiger partial charge in [0.2, 0.25) is 5.91 Å². The van der Waals surface area contributed by atoms with Gasteiger partial charge >= 0.3 is 0 Å². The number of benzene rings is 2. The Labute approximate surface area is 153 Å². The van der Waals surface area contributed by atoms with Crippen LogP contribution in [-0.2, 0) is 24.7 Å². The number of carbonyl (C=O) groups is 1. The van der Waals surface area contributed by atoms with Crippen molar-refractivity contribution in [3.8, 4) is 0 Å². The zero-order chi connectivity index (χ0) is 18.4. The van der Waals surface area contributed by atoms with Crippen molar-refractivity contribution in [2.24, 2.45) is 7.05 Å². The highest BCUT2D eigenvalue weighted by Gasteiger charge is 2.20. The number of aromatic nitrogens is 2. The van der Waals surface area contributed by atoms with E-state index in [0.29, 0.717) is 0 Å². The van der Waals surface area contributed by atoms with Gasteiger partial charge in [-0.3, -0.25) is 9.48 Å². The highest BCUT2D eigenvalue weighted by molar-refractivity contribution is 6.02. The van der Waals surface area contributed by atoms with E-state index in [-0.39, 0.29) is 11.9 Å². The Bertz CT molecular complexity index is 1010. The van der Waals surface area contributed by atoms with Crippen LogP contribution in [0, 0.1) is 13.8 Å². The SMILES string of the molecule is Cc1nn(C)c(C)c1NC(=O)C(C)Nc1ccc2c3c(cccc13)CC2. The quantitative estimate of drug-likeness (QED) is 0.755. The van der Waals surface area contributed by atoms with E-state index in [9.17, 15) is 4.79 Å². The topological polar surface area (TPSA) is 59.0 Å². The van der Waals surface area contributed by atoms with Gasteiger partial charge in [-0.25, -0.2) is 0 Å². The van der Waals surface area contributed by atoms with Crippen molar-refractivity contribution >= 4 is 28.1 Å². The van der Waals surface area contributed by atoms with E-state index in [1.807, 2.05) is 27.8 Å². The third kappa shape index (κ3) is 2.64. The molecule has 134 valence electrons. The summed E-state index contributed by atoms with van der Waals surface area (Å²) in [5, 5.41) is 13.3. The van der Waals surface area contributed by atoms with Crippen molar-refractivity contribution in [2.45, 2.75) is 39.7 Å². The van der Waals surface area contributed by atoms with Crippen molar-refractivity contribution in [1.29, 1.82) is 0 Å². The van der Waals surface area contributed by atoms with E-state index >= 15 is 0 Å². The number of hydrogen-bond acceptors (Lipinski definition) is 3. The molecule has 5 nitrogen and oxygen atoms in total. The molecule has 4 rings (SSSR count). The number of hydrogen-bond donors (Lipinski definition) is 2. The third-order valence-corrected chi connectivity index (χ3v) is 5.40. The van der Waals surface area contributed by atoms with Crippen molar-refractivity contribution in [2.75, 3.05) is 10.6 Å². The Morgan fingerprint density at radius 1 is 1.15 bits per heavy atom. The molecular weight excluding hydrogens is 324 g/mol. The van der Waals surface area contributed by atoms with Gasteiger partial charge in [-0.15, -0.1) is 0 Å². The lowest BCUT2D eigenvalue weighted by Crippen LogP contribution is -2.32. The second kappa shape index (κ2) is 6.16. The molecule has 0 spiro atoms. The van der Waals surface area contributed by atoms with Crippen molar-refractivity contribution in [1.82, 2.24) is 9.78 Å². The highest BCUT2D eigenvalue weighted by atomic mass is 16.2. The molecule has 2 N–H and O–H groups in total. The molecule has 1 aliphatic rings. The minimum Gasteiger partial charge on any atom is -0.373 e. The Morgan fingerprint density at radius 2 is 1.88 bits per heavy atom. The van der Waals surface area contributed by atoms with E-state index in [1.165, 1.54) is 21.9 Å². The van der Waals surface area contributed by atoms with Crippen molar-refractivity contribution in [3.63, 3.8) is 0 Å². The van der Waals surface area contributed by atoms with Crippen molar-refractivity contribution in [3.05, 3.63) is 52.8 Å². The van der Waals surface area contributed by atoms with Gasteiger partial charge in [-0.05, 0) is 56.2 Å². The normalized spacial score (nSPS) is 13.8. The van der Waals surface area contributed by atoms with Gasteiger partial charge in [0.25, 0.3) is 0 Å². The molecule has 1 aliphatic carbocycles. The van der Waals surface area contributed by atoms with Crippen LogP contribution in [0.4, 0.5) is 11.4 Å². The number of amides is 1. The first-order chi connectivity index (χ1) is 12.5. The third-order valence-electron chi connectivity index (χ3n) is 5.40. The molecule has 0 bridgehead atoms. The molecule has 5 heteroatoms. The van der Waals surface area contributed by atoms with Gasteiger partial charge in [-0.2, -0.15) is 5.10 Å². The molecule has 1 amide bonds. The van der Waals surface area contributed by atoms with Crippen LogP contribution in [0.1, 0.15) is 29.4 Å². The van der Waals surface area contributed by atoms with Gasteiger partial charge < -0.3 is 10.6 Å².